The van der Waals surface area contributed by atoms with Crippen LogP contribution in [0, 0.1) is 0 Å². The summed E-state index contributed by atoms with van der Waals surface area (Å²) in [5.41, 5.74) is 1.03. The zero-order valence-electron chi connectivity index (χ0n) is 22.0. The van der Waals surface area contributed by atoms with Crippen molar-refractivity contribution in [2.75, 3.05) is 17.3 Å². The smallest absolute Gasteiger partial charge is 0.330 e. The number of thioether (sulfide) groups is 1. The number of benzene rings is 2. The number of aliphatic hydroxyl groups excluding tert-OH is 1. The Morgan fingerprint density at radius 2 is 1.72 bits per heavy atom. The highest BCUT2D eigenvalue weighted by atomic mass is 32.2. The monoisotopic (exact) mass is 552 g/mol. The Morgan fingerprint density at radius 1 is 1.00 bits per heavy atom. The molecule has 5 rings (SSSR count). The second kappa shape index (κ2) is 12.5. The van der Waals surface area contributed by atoms with Crippen molar-refractivity contribution < 1.29 is 24.2 Å². The first-order chi connectivity index (χ1) is 18.9. The largest absolute Gasteiger partial charge is 0.445 e. The summed E-state index contributed by atoms with van der Waals surface area (Å²) < 4.78 is 5.99. The van der Waals surface area contributed by atoms with Crippen molar-refractivity contribution in [3.63, 3.8) is 0 Å². The Balaban J connectivity index is 1.52. The molecule has 39 heavy (non-hydrogen) atoms. The van der Waals surface area contributed by atoms with E-state index in [0.717, 1.165) is 42.0 Å². The van der Waals surface area contributed by atoms with Gasteiger partial charge in [0.15, 0.2) is 12.5 Å². The van der Waals surface area contributed by atoms with Crippen LogP contribution in [0.3, 0.4) is 0 Å². The quantitative estimate of drug-likeness (QED) is 0.252. The lowest BCUT2D eigenvalue weighted by molar-refractivity contribution is -0.177. The van der Waals surface area contributed by atoms with E-state index in [2.05, 4.69) is 0 Å². The van der Waals surface area contributed by atoms with Crippen LogP contribution < -0.4 is 10.9 Å². The summed E-state index contributed by atoms with van der Waals surface area (Å²) in [5.74, 6) is 5.13. The number of amides is 2. The van der Waals surface area contributed by atoms with Crippen LogP contribution in [0.25, 0.3) is 0 Å². The van der Waals surface area contributed by atoms with Crippen molar-refractivity contribution in [2.24, 2.45) is 5.84 Å². The number of anilines is 1. The maximum Gasteiger partial charge on any atom is 0.330 e. The first kappa shape index (κ1) is 27.6. The molecule has 0 radical (unpaired) electrons. The van der Waals surface area contributed by atoms with Gasteiger partial charge in [-0.05, 0) is 49.4 Å². The Hall–Kier alpha value is -2.92. The molecule has 9 nitrogen and oxygen atoms in total. The van der Waals surface area contributed by atoms with Crippen LogP contribution in [0.1, 0.15) is 50.5 Å². The van der Waals surface area contributed by atoms with Gasteiger partial charge in [-0.15, -0.1) is 11.8 Å². The van der Waals surface area contributed by atoms with Crippen LogP contribution in [-0.4, -0.2) is 69.5 Å². The Labute approximate surface area is 233 Å². The van der Waals surface area contributed by atoms with E-state index in [-0.39, 0.29) is 24.1 Å². The topological polar surface area (TPSA) is 116 Å². The van der Waals surface area contributed by atoms with Gasteiger partial charge >= 0.3 is 5.97 Å². The summed E-state index contributed by atoms with van der Waals surface area (Å²) in [6, 6.07) is 15.8. The number of nitrogens with zero attached hydrogens (tertiary/aromatic N) is 3. The van der Waals surface area contributed by atoms with Crippen LogP contribution in [-0.2, 0) is 25.5 Å². The van der Waals surface area contributed by atoms with E-state index in [1.54, 1.807) is 23.1 Å². The lowest BCUT2D eigenvalue weighted by Gasteiger charge is -2.39. The van der Waals surface area contributed by atoms with E-state index in [9.17, 15) is 19.5 Å². The molecule has 2 aromatic rings. The summed E-state index contributed by atoms with van der Waals surface area (Å²) in [6.45, 7) is 0.393. The fourth-order valence-electron chi connectivity index (χ4n) is 5.91. The fourth-order valence-corrected chi connectivity index (χ4v) is 6.70. The minimum absolute atomic E-state index is 0.0849. The second-order valence-electron chi connectivity index (χ2n) is 10.4. The Kier molecular flexibility index (Phi) is 8.86. The third kappa shape index (κ3) is 6.14. The predicted octanol–water partition coefficient (Wildman–Crippen LogP) is 3.06. The van der Waals surface area contributed by atoms with E-state index in [0.29, 0.717) is 30.6 Å². The minimum Gasteiger partial charge on any atom is -0.445 e. The van der Waals surface area contributed by atoms with Gasteiger partial charge in [-0.2, -0.15) is 0 Å². The molecule has 2 aliphatic heterocycles. The molecule has 2 fully saturated rings. The van der Waals surface area contributed by atoms with Crippen LogP contribution in [0.5, 0.6) is 0 Å². The Bertz CT molecular complexity index is 1180. The van der Waals surface area contributed by atoms with Crippen molar-refractivity contribution in [2.45, 2.75) is 80.8 Å². The summed E-state index contributed by atoms with van der Waals surface area (Å²) in [6.07, 6.45) is 3.72. The van der Waals surface area contributed by atoms with Gasteiger partial charge in [0.25, 0.3) is 5.91 Å². The van der Waals surface area contributed by atoms with E-state index in [4.69, 9.17) is 10.6 Å². The van der Waals surface area contributed by atoms with Crippen LogP contribution in [0.2, 0.25) is 0 Å². The molecular formula is C29H36N4O5S. The number of ether oxygens (including phenoxy) is 1. The molecule has 3 aliphatic rings. The van der Waals surface area contributed by atoms with Gasteiger partial charge in [0.2, 0.25) is 5.91 Å². The third-order valence-corrected chi connectivity index (χ3v) is 8.89. The second-order valence-corrected chi connectivity index (χ2v) is 11.4. The number of carbonyl (C=O) groups is 3. The standard InChI is InChI=1S/C29H36N4O5S/c30-33-23-15-8-7-10-20(23)18-24(29(37)38-26-16-9-17-31(26)27(35)28(33)36)32(21-11-3-1-4-12-21)25(34)19-39-22-13-5-2-6-14-22/h2,5-8,10,13-15,21,24,26-27,35H,1,3-4,9,11-12,16-19,30H2. The Morgan fingerprint density at radius 3 is 2.49 bits per heavy atom. The van der Waals surface area contributed by atoms with Crippen molar-refractivity contribution >= 4 is 35.2 Å². The summed E-state index contributed by atoms with van der Waals surface area (Å²) in [5, 5.41) is 11.8. The van der Waals surface area contributed by atoms with Crippen molar-refractivity contribution in [3.05, 3.63) is 60.2 Å². The number of aliphatic hydroxyl groups is 1. The van der Waals surface area contributed by atoms with Crippen LogP contribution >= 0.6 is 11.8 Å². The number of nitrogens with two attached hydrogens (primary N) is 1. The molecular weight excluding hydrogens is 516 g/mol. The normalized spacial score (nSPS) is 24.9. The lowest BCUT2D eigenvalue weighted by Crippen LogP contribution is -2.55. The predicted molar refractivity (Wildman–Crippen MR) is 148 cm³/mol. The lowest BCUT2D eigenvalue weighted by atomic mass is 9.91. The average Bonchev–Trinajstić information content (AvgIpc) is 3.43. The number of hydrogen-bond donors (Lipinski definition) is 2. The molecule has 1 saturated heterocycles. The molecule has 0 aromatic heterocycles. The van der Waals surface area contributed by atoms with E-state index in [1.807, 2.05) is 36.4 Å². The number of hydrogen-bond acceptors (Lipinski definition) is 8. The SMILES string of the molecule is NN1C(=O)C(O)N2CCCC2OC(=O)C(N(C(=O)CSc2ccccc2)C2CCCCC2)Cc2ccccc21. The van der Waals surface area contributed by atoms with Gasteiger partial charge in [0.1, 0.15) is 6.04 Å². The van der Waals surface area contributed by atoms with Crippen LogP contribution in [0.15, 0.2) is 59.5 Å². The van der Waals surface area contributed by atoms with Gasteiger partial charge < -0.3 is 14.7 Å². The third-order valence-electron chi connectivity index (χ3n) is 7.90. The minimum atomic E-state index is -1.54. The fraction of sp³-hybridized carbons (Fsp3) is 0.483. The molecule has 3 atom stereocenters. The highest BCUT2D eigenvalue weighted by molar-refractivity contribution is 8.00. The van der Waals surface area contributed by atoms with Crippen molar-refractivity contribution in [1.82, 2.24) is 9.80 Å². The molecule has 208 valence electrons. The molecule has 0 spiro atoms. The molecule has 1 aliphatic carbocycles. The van der Waals surface area contributed by atoms with Gasteiger partial charge in [-0.3, -0.25) is 9.59 Å². The molecule has 10 heteroatoms. The summed E-state index contributed by atoms with van der Waals surface area (Å²) in [4.78, 5) is 45.3. The maximum absolute atomic E-state index is 14.0. The maximum atomic E-state index is 14.0. The molecule has 0 bridgehead atoms. The first-order valence-electron chi connectivity index (χ1n) is 13.7. The average molecular weight is 553 g/mol. The highest BCUT2D eigenvalue weighted by Gasteiger charge is 2.43. The van der Waals surface area contributed by atoms with Crippen LogP contribution in [0.4, 0.5) is 5.69 Å². The summed E-state index contributed by atoms with van der Waals surface area (Å²) in [7, 11) is 0. The van der Waals surface area contributed by atoms with Crippen molar-refractivity contribution in [3.8, 4) is 0 Å². The number of para-hydroxylation sites is 1. The van der Waals surface area contributed by atoms with Gasteiger partial charge in [0, 0.05) is 23.9 Å². The van der Waals surface area contributed by atoms with Gasteiger partial charge in [-0.1, -0.05) is 55.7 Å². The number of rotatable bonds is 5. The molecule has 2 amide bonds. The van der Waals surface area contributed by atoms with E-state index < -0.39 is 30.4 Å². The van der Waals surface area contributed by atoms with E-state index in [1.165, 1.54) is 16.7 Å². The number of hydrazine groups is 1. The molecule has 2 aromatic carbocycles. The summed E-state index contributed by atoms with van der Waals surface area (Å²) >= 11 is 1.45. The number of fused-ring (bicyclic) bond motifs is 2. The molecule has 2 heterocycles. The van der Waals surface area contributed by atoms with Crippen molar-refractivity contribution in [1.29, 1.82) is 0 Å². The van der Waals surface area contributed by atoms with Gasteiger partial charge in [-0.25, -0.2) is 20.5 Å². The zero-order chi connectivity index (χ0) is 27.4. The number of carbonyl (C=O) groups excluding carboxylic acids is 3. The highest BCUT2D eigenvalue weighted by Crippen LogP contribution is 2.32. The zero-order valence-corrected chi connectivity index (χ0v) is 22.8. The van der Waals surface area contributed by atoms with E-state index >= 15 is 0 Å². The van der Waals surface area contributed by atoms with Gasteiger partial charge in [0.05, 0.1) is 11.4 Å². The first-order valence-corrected chi connectivity index (χ1v) is 14.7. The molecule has 3 N–H and O–H groups in total. The molecule has 1 saturated carbocycles. The molecule has 3 unspecified atom stereocenters. The number of esters is 1.